The van der Waals surface area contributed by atoms with Gasteiger partial charge < -0.3 is 9.47 Å². The Morgan fingerprint density at radius 1 is 1.04 bits per heavy atom. The van der Waals surface area contributed by atoms with Crippen molar-refractivity contribution in [2.24, 2.45) is 0 Å². The third-order valence-electron chi connectivity index (χ3n) is 3.76. The fraction of sp³-hybridized carbons (Fsp3) is 0.105. The Kier molecular flexibility index (Phi) is 3.23. The van der Waals surface area contributed by atoms with Gasteiger partial charge in [0.25, 0.3) is 0 Å². The van der Waals surface area contributed by atoms with Crippen LogP contribution in [0.5, 0.6) is 11.5 Å². The van der Waals surface area contributed by atoms with E-state index in [9.17, 15) is 4.39 Å². The van der Waals surface area contributed by atoms with E-state index in [0.29, 0.717) is 17.1 Å². The molecule has 114 valence electrons. The van der Waals surface area contributed by atoms with E-state index in [1.807, 2.05) is 25.1 Å². The van der Waals surface area contributed by atoms with Crippen LogP contribution in [0, 0.1) is 12.7 Å². The van der Waals surface area contributed by atoms with Crippen molar-refractivity contribution >= 4 is 22.9 Å². The Labute approximate surface area is 132 Å². The van der Waals surface area contributed by atoms with Crippen molar-refractivity contribution in [2.45, 2.75) is 6.92 Å². The highest BCUT2D eigenvalue weighted by atomic mass is 19.1. The molecule has 0 spiro atoms. The quantitative estimate of drug-likeness (QED) is 0.620. The summed E-state index contributed by atoms with van der Waals surface area (Å²) in [4.78, 5) is 0. The summed E-state index contributed by atoms with van der Waals surface area (Å²) >= 11 is 0. The average molecular weight is 309 g/mol. The molecule has 3 nitrogen and oxygen atoms in total. The van der Waals surface area contributed by atoms with Crippen LogP contribution in [0.3, 0.4) is 0 Å². The fourth-order valence-electron chi connectivity index (χ4n) is 2.67. The van der Waals surface area contributed by atoms with Gasteiger partial charge in [-0.15, -0.1) is 0 Å². The molecule has 3 aromatic rings. The molecule has 0 atom stereocenters. The van der Waals surface area contributed by atoms with Crippen LogP contribution in [-0.4, -0.2) is 6.79 Å². The summed E-state index contributed by atoms with van der Waals surface area (Å²) in [6.07, 6.45) is 3.48. The van der Waals surface area contributed by atoms with Gasteiger partial charge in [0.2, 0.25) is 6.79 Å². The van der Waals surface area contributed by atoms with Crippen molar-refractivity contribution in [3.63, 3.8) is 0 Å². The van der Waals surface area contributed by atoms with E-state index in [-0.39, 0.29) is 12.6 Å². The van der Waals surface area contributed by atoms with Crippen LogP contribution in [0.2, 0.25) is 0 Å². The van der Waals surface area contributed by atoms with Crippen LogP contribution in [0.1, 0.15) is 17.1 Å². The zero-order valence-electron chi connectivity index (χ0n) is 12.5. The standard InChI is InChI=1S/C19H14FO3/c1-12-8-14-9-18-19(22-11-21-18)10-15(14)17(23-12)7-6-13-4-2-3-5-16(13)20/h2-10H,11H2,1H3/q+1/b7-6+. The summed E-state index contributed by atoms with van der Waals surface area (Å²) in [5, 5.41) is 1.89. The maximum Gasteiger partial charge on any atom is 0.360 e. The first-order valence-electron chi connectivity index (χ1n) is 7.30. The van der Waals surface area contributed by atoms with E-state index in [0.717, 1.165) is 22.3 Å². The molecule has 4 rings (SSSR count). The van der Waals surface area contributed by atoms with Crippen molar-refractivity contribution in [2.75, 3.05) is 6.79 Å². The molecule has 0 N–H and O–H groups in total. The number of halogens is 1. The maximum atomic E-state index is 13.7. The largest absolute Gasteiger partial charge is 0.454 e. The molecule has 0 saturated heterocycles. The molecule has 0 fully saturated rings. The molecule has 1 aliphatic heterocycles. The summed E-state index contributed by atoms with van der Waals surface area (Å²) in [6.45, 7) is 2.10. The third-order valence-corrected chi connectivity index (χ3v) is 3.76. The molecule has 0 radical (unpaired) electrons. The van der Waals surface area contributed by atoms with Crippen molar-refractivity contribution in [1.82, 2.24) is 0 Å². The first-order chi connectivity index (χ1) is 11.2. The third kappa shape index (κ3) is 2.52. The monoisotopic (exact) mass is 309 g/mol. The predicted molar refractivity (Wildman–Crippen MR) is 86.8 cm³/mol. The van der Waals surface area contributed by atoms with Crippen molar-refractivity contribution < 1.29 is 18.3 Å². The Morgan fingerprint density at radius 2 is 1.83 bits per heavy atom. The molecule has 0 saturated carbocycles. The van der Waals surface area contributed by atoms with Crippen LogP contribution in [0.25, 0.3) is 22.9 Å². The van der Waals surface area contributed by atoms with E-state index in [1.165, 1.54) is 6.07 Å². The van der Waals surface area contributed by atoms with Gasteiger partial charge in [-0.2, -0.15) is 0 Å². The number of aryl methyl sites for hydroxylation is 1. The van der Waals surface area contributed by atoms with Crippen LogP contribution in [-0.2, 0) is 0 Å². The number of benzene rings is 2. The van der Waals surface area contributed by atoms with Crippen molar-refractivity contribution in [3.05, 3.63) is 65.4 Å². The first-order valence-corrected chi connectivity index (χ1v) is 7.30. The van der Waals surface area contributed by atoms with Gasteiger partial charge in [-0.25, -0.2) is 8.81 Å². The van der Waals surface area contributed by atoms with Gasteiger partial charge in [-0.05, 0) is 18.2 Å². The average Bonchev–Trinajstić information content (AvgIpc) is 2.99. The minimum Gasteiger partial charge on any atom is -0.454 e. The molecule has 0 aliphatic carbocycles. The lowest BCUT2D eigenvalue weighted by atomic mass is 10.1. The molecule has 2 heterocycles. The van der Waals surface area contributed by atoms with E-state index in [4.69, 9.17) is 13.9 Å². The highest BCUT2D eigenvalue weighted by Crippen LogP contribution is 2.38. The van der Waals surface area contributed by atoms with Gasteiger partial charge in [0.1, 0.15) is 5.82 Å². The Balaban J connectivity index is 1.84. The van der Waals surface area contributed by atoms with Crippen molar-refractivity contribution in [1.29, 1.82) is 0 Å². The maximum absolute atomic E-state index is 13.7. The smallest absolute Gasteiger partial charge is 0.360 e. The second-order valence-corrected chi connectivity index (χ2v) is 5.37. The molecule has 0 amide bonds. The number of hydrogen-bond donors (Lipinski definition) is 0. The van der Waals surface area contributed by atoms with Gasteiger partial charge in [-0.3, -0.25) is 0 Å². The topological polar surface area (TPSA) is 29.8 Å². The van der Waals surface area contributed by atoms with Gasteiger partial charge >= 0.3 is 11.5 Å². The molecule has 0 unspecified atom stereocenters. The van der Waals surface area contributed by atoms with Gasteiger partial charge in [-0.1, -0.05) is 18.2 Å². The summed E-state index contributed by atoms with van der Waals surface area (Å²) in [7, 11) is 0. The fourth-order valence-corrected chi connectivity index (χ4v) is 2.67. The normalized spacial score (nSPS) is 13.1. The number of rotatable bonds is 2. The number of fused-ring (bicyclic) bond motifs is 2. The van der Waals surface area contributed by atoms with Crippen LogP contribution in [0.4, 0.5) is 4.39 Å². The second kappa shape index (κ2) is 5.39. The van der Waals surface area contributed by atoms with Crippen molar-refractivity contribution in [3.8, 4) is 11.5 Å². The lowest BCUT2D eigenvalue weighted by Crippen LogP contribution is -1.92. The second-order valence-electron chi connectivity index (χ2n) is 5.37. The minimum atomic E-state index is -0.265. The van der Waals surface area contributed by atoms with Crippen LogP contribution < -0.4 is 9.47 Å². The lowest BCUT2D eigenvalue weighted by molar-refractivity contribution is 0.174. The highest BCUT2D eigenvalue weighted by molar-refractivity contribution is 5.93. The summed E-state index contributed by atoms with van der Waals surface area (Å²) in [5.41, 5.74) is 0.512. The first kappa shape index (κ1) is 13.8. The van der Waals surface area contributed by atoms with E-state index in [2.05, 4.69) is 0 Å². The Hall–Kier alpha value is -2.88. The Bertz CT molecular complexity index is 931. The molecular formula is C19H14FO3+. The summed E-state index contributed by atoms with van der Waals surface area (Å²) < 4.78 is 30.4. The Morgan fingerprint density at radius 3 is 2.65 bits per heavy atom. The van der Waals surface area contributed by atoms with Crippen LogP contribution in [0.15, 0.2) is 46.9 Å². The predicted octanol–water partition coefficient (Wildman–Crippen LogP) is 5.06. The SMILES string of the molecule is Cc1cc2cc3c(cc2c(/C=C/c2ccccc2F)[o+]1)OCO3. The summed E-state index contributed by atoms with van der Waals surface area (Å²) in [5.74, 6) is 2.58. The molecule has 23 heavy (non-hydrogen) atoms. The molecule has 1 aromatic heterocycles. The number of ether oxygens (including phenoxy) is 2. The molecule has 0 bridgehead atoms. The molecular weight excluding hydrogens is 295 g/mol. The minimum absolute atomic E-state index is 0.224. The number of hydrogen-bond acceptors (Lipinski definition) is 2. The van der Waals surface area contributed by atoms with E-state index in [1.54, 1.807) is 30.4 Å². The molecule has 1 aliphatic rings. The zero-order valence-corrected chi connectivity index (χ0v) is 12.5. The lowest BCUT2D eigenvalue weighted by Gasteiger charge is -1.99. The highest BCUT2D eigenvalue weighted by Gasteiger charge is 2.20. The van der Waals surface area contributed by atoms with Gasteiger partial charge in [0, 0.05) is 29.2 Å². The zero-order chi connectivity index (χ0) is 15.8. The van der Waals surface area contributed by atoms with Gasteiger partial charge in [0.05, 0.1) is 12.3 Å². The van der Waals surface area contributed by atoms with Gasteiger partial charge in [0.15, 0.2) is 11.5 Å². The van der Waals surface area contributed by atoms with E-state index >= 15 is 0 Å². The molecule has 2 aromatic carbocycles. The van der Waals surface area contributed by atoms with E-state index < -0.39 is 0 Å². The van der Waals surface area contributed by atoms with Crippen LogP contribution >= 0.6 is 0 Å². The molecule has 4 heteroatoms. The summed E-state index contributed by atoms with van der Waals surface area (Å²) in [6, 6.07) is 12.4.